The van der Waals surface area contributed by atoms with Crippen LogP contribution < -0.4 is 10.2 Å². The molecule has 0 aliphatic carbocycles. The van der Waals surface area contributed by atoms with E-state index < -0.39 is 20.0 Å². The molecule has 3 atom stereocenters. The molecule has 1 amide bonds. The molecule has 0 saturated carbocycles. The summed E-state index contributed by atoms with van der Waals surface area (Å²) in [5.74, 6) is -0.174. The average Bonchev–Trinajstić information content (AvgIpc) is 3.29. The Morgan fingerprint density at radius 1 is 0.537 bits per heavy atom. The van der Waals surface area contributed by atoms with Crippen LogP contribution in [0.15, 0.2) is 85.1 Å². The van der Waals surface area contributed by atoms with E-state index in [0.29, 0.717) is 23.9 Å². The molecule has 0 aromatic rings. The number of allylic oxidation sites excluding steroid dienone is 14. The summed E-state index contributed by atoms with van der Waals surface area (Å²) in [5.41, 5.74) is 0. The van der Waals surface area contributed by atoms with Crippen LogP contribution in [-0.2, 0) is 18.4 Å². The Labute approximate surface area is 414 Å². The molecule has 0 spiro atoms. The first-order valence-electron chi connectivity index (χ1n) is 27.4. The van der Waals surface area contributed by atoms with Crippen molar-refractivity contribution >= 4 is 13.7 Å². The number of quaternary nitrogens is 1. The fourth-order valence-electron chi connectivity index (χ4n) is 7.61. The van der Waals surface area contributed by atoms with Gasteiger partial charge in [0.2, 0.25) is 5.91 Å². The van der Waals surface area contributed by atoms with Gasteiger partial charge < -0.3 is 28.8 Å². The second kappa shape index (κ2) is 48.7. The van der Waals surface area contributed by atoms with Crippen molar-refractivity contribution in [2.75, 3.05) is 40.9 Å². The first-order valence-corrected chi connectivity index (χ1v) is 28.9. The van der Waals surface area contributed by atoms with Gasteiger partial charge in [-0.2, -0.15) is 0 Å². The van der Waals surface area contributed by atoms with E-state index in [-0.39, 0.29) is 19.1 Å². The Morgan fingerprint density at radius 3 is 1.33 bits per heavy atom. The molecule has 2 N–H and O–H groups in total. The van der Waals surface area contributed by atoms with Crippen molar-refractivity contribution in [1.29, 1.82) is 0 Å². The van der Waals surface area contributed by atoms with E-state index in [0.717, 1.165) is 89.9 Å². The van der Waals surface area contributed by atoms with Crippen LogP contribution in [0.1, 0.15) is 226 Å². The summed E-state index contributed by atoms with van der Waals surface area (Å²) in [6, 6.07) is -0.809. The zero-order valence-electron chi connectivity index (χ0n) is 44.1. The standard InChI is InChI=1S/C58H105N2O6P/c1-6-8-10-12-14-16-18-20-22-23-24-25-26-27-28-29-30-31-32-33-34-35-36-37-38-40-42-44-46-48-50-52-58(62)59-56(55-66-67(63,64)65-54-53-60(3,4)5)57(61)51-49-47-45-43-41-39-21-19-17-15-13-11-9-7-2/h8,10,14,16,20,22,24-25,27-28,30-31,33-34,56-57,61H,6-7,9,11-13,15,17-19,21,23,26,29,32,35-55H2,1-5H3,(H-,59,62,63,64)/b10-8-,16-14-,22-20-,25-24-,28-27-,31-30-,34-33-. The number of hydrogen-bond donors (Lipinski definition) is 2. The van der Waals surface area contributed by atoms with Crippen molar-refractivity contribution in [3.05, 3.63) is 85.1 Å². The zero-order chi connectivity index (χ0) is 49.2. The number of phosphoric acid groups is 1. The van der Waals surface area contributed by atoms with Crippen molar-refractivity contribution < 1.29 is 32.9 Å². The lowest BCUT2D eigenvalue weighted by Crippen LogP contribution is -2.46. The normalized spacial score (nSPS) is 14.7. The Kier molecular flexibility index (Phi) is 47.0. The quantitative estimate of drug-likeness (QED) is 0.0272. The second-order valence-corrected chi connectivity index (χ2v) is 21.0. The van der Waals surface area contributed by atoms with E-state index in [2.05, 4.69) is 104 Å². The molecule has 0 aliphatic heterocycles. The maximum atomic E-state index is 13.0. The minimum atomic E-state index is -4.58. The van der Waals surface area contributed by atoms with Crippen molar-refractivity contribution in [2.24, 2.45) is 0 Å². The Morgan fingerprint density at radius 2 is 0.910 bits per heavy atom. The lowest BCUT2D eigenvalue weighted by molar-refractivity contribution is -0.870. The highest BCUT2D eigenvalue weighted by Crippen LogP contribution is 2.38. The minimum Gasteiger partial charge on any atom is -0.756 e. The largest absolute Gasteiger partial charge is 0.756 e. The van der Waals surface area contributed by atoms with Crippen molar-refractivity contribution in [1.82, 2.24) is 5.32 Å². The summed E-state index contributed by atoms with van der Waals surface area (Å²) >= 11 is 0. The predicted molar refractivity (Wildman–Crippen MR) is 288 cm³/mol. The molecular weight excluding hydrogens is 852 g/mol. The van der Waals surface area contributed by atoms with Crippen LogP contribution in [0.25, 0.3) is 0 Å². The fourth-order valence-corrected chi connectivity index (χ4v) is 8.33. The van der Waals surface area contributed by atoms with Gasteiger partial charge in [-0.15, -0.1) is 0 Å². The van der Waals surface area contributed by atoms with Crippen molar-refractivity contribution in [3.8, 4) is 0 Å². The smallest absolute Gasteiger partial charge is 0.268 e. The van der Waals surface area contributed by atoms with E-state index in [9.17, 15) is 19.4 Å². The number of hydrogen-bond acceptors (Lipinski definition) is 6. The molecule has 0 aromatic heterocycles. The Bertz CT molecular complexity index is 1360. The number of carbonyl (C=O) groups excluding carboxylic acids is 1. The Hall–Kier alpha value is -2.32. The molecule has 8 nitrogen and oxygen atoms in total. The maximum Gasteiger partial charge on any atom is 0.268 e. The molecule has 9 heteroatoms. The zero-order valence-corrected chi connectivity index (χ0v) is 45.0. The maximum absolute atomic E-state index is 13.0. The number of phosphoric ester groups is 1. The topological polar surface area (TPSA) is 108 Å². The third-order valence-electron chi connectivity index (χ3n) is 11.9. The second-order valence-electron chi connectivity index (χ2n) is 19.6. The molecule has 3 unspecified atom stereocenters. The minimum absolute atomic E-state index is 0.00728. The van der Waals surface area contributed by atoms with Crippen LogP contribution in [0.2, 0.25) is 0 Å². The summed E-state index contributed by atoms with van der Waals surface area (Å²) < 4.78 is 23.4. The summed E-state index contributed by atoms with van der Waals surface area (Å²) in [6.07, 6.45) is 67.4. The predicted octanol–water partition coefficient (Wildman–Crippen LogP) is 15.8. The average molecular weight is 957 g/mol. The van der Waals surface area contributed by atoms with E-state index in [1.54, 1.807) is 0 Å². The SMILES string of the molecule is CC/C=C\C/C=C\C/C=C\C/C=C\C/C=C\C/C=C\C/C=C\CCCCCCCCCCCC(=O)NC(COP(=O)([O-])OCC[N+](C)(C)C)C(O)CCCCCCCCCCCCCCCC. The molecule has 0 aliphatic rings. The highest BCUT2D eigenvalue weighted by molar-refractivity contribution is 7.45. The monoisotopic (exact) mass is 957 g/mol. The van der Waals surface area contributed by atoms with Crippen LogP contribution in [0.3, 0.4) is 0 Å². The fraction of sp³-hybridized carbons (Fsp3) is 0.741. The number of unbranched alkanes of at least 4 members (excludes halogenated alkanes) is 22. The molecule has 0 aromatic carbocycles. The highest BCUT2D eigenvalue weighted by Gasteiger charge is 2.24. The third-order valence-corrected chi connectivity index (χ3v) is 12.9. The molecule has 388 valence electrons. The number of aliphatic hydroxyl groups is 1. The van der Waals surface area contributed by atoms with Crippen LogP contribution in [0.4, 0.5) is 0 Å². The van der Waals surface area contributed by atoms with Gasteiger partial charge in [-0.25, -0.2) is 0 Å². The van der Waals surface area contributed by atoms with Crippen LogP contribution in [0, 0.1) is 0 Å². The van der Waals surface area contributed by atoms with Gasteiger partial charge in [0.1, 0.15) is 13.2 Å². The van der Waals surface area contributed by atoms with Crippen LogP contribution >= 0.6 is 7.82 Å². The highest BCUT2D eigenvalue weighted by atomic mass is 31.2. The molecule has 0 rings (SSSR count). The number of amides is 1. The first-order chi connectivity index (χ1) is 32.5. The lowest BCUT2D eigenvalue weighted by Gasteiger charge is -2.30. The number of aliphatic hydroxyl groups excluding tert-OH is 1. The van der Waals surface area contributed by atoms with Gasteiger partial charge in [-0.05, 0) is 70.6 Å². The third kappa shape index (κ3) is 51.4. The van der Waals surface area contributed by atoms with Crippen molar-refractivity contribution in [2.45, 2.75) is 238 Å². The van der Waals surface area contributed by atoms with E-state index in [4.69, 9.17) is 9.05 Å². The summed E-state index contributed by atoms with van der Waals surface area (Å²) in [7, 11) is 1.29. The molecule has 0 radical (unpaired) electrons. The van der Waals surface area contributed by atoms with E-state index in [1.807, 2.05) is 21.1 Å². The van der Waals surface area contributed by atoms with Gasteiger partial charge in [-0.1, -0.05) is 234 Å². The molecule has 0 heterocycles. The van der Waals surface area contributed by atoms with E-state index >= 15 is 0 Å². The van der Waals surface area contributed by atoms with Crippen LogP contribution in [0.5, 0.6) is 0 Å². The van der Waals surface area contributed by atoms with Gasteiger partial charge in [0.15, 0.2) is 0 Å². The first kappa shape index (κ1) is 64.7. The number of nitrogens with one attached hydrogen (secondary N) is 1. The van der Waals surface area contributed by atoms with Gasteiger partial charge in [0, 0.05) is 6.42 Å². The number of likely N-dealkylation sites (N-methyl/N-ethyl adjacent to an activating group) is 1. The van der Waals surface area contributed by atoms with Gasteiger partial charge in [0.05, 0.1) is 39.9 Å². The molecule has 0 saturated heterocycles. The van der Waals surface area contributed by atoms with Gasteiger partial charge in [0.25, 0.3) is 7.82 Å². The number of rotatable bonds is 49. The summed E-state index contributed by atoms with van der Waals surface area (Å²) in [4.78, 5) is 25.5. The lowest BCUT2D eigenvalue weighted by atomic mass is 10.0. The summed E-state index contributed by atoms with van der Waals surface area (Å²) in [5, 5.41) is 14.0. The molecule has 0 bridgehead atoms. The van der Waals surface area contributed by atoms with Crippen molar-refractivity contribution in [3.63, 3.8) is 0 Å². The molecule has 0 fully saturated rings. The summed E-state index contributed by atoms with van der Waals surface area (Å²) in [6.45, 7) is 4.60. The number of carbonyl (C=O) groups is 1. The molecule has 67 heavy (non-hydrogen) atoms. The van der Waals surface area contributed by atoms with Gasteiger partial charge >= 0.3 is 0 Å². The Balaban J connectivity index is 4.17. The van der Waals surface area contributed by atoms with E-state index in [1.165, 1.54) is 109 Å². The number of nitrogens with zero attached hydrogens (tertiary/aromatic N) is 1. The van der Waals surface area contributed by atoms with Crippen LogP contribution in [-0.4, -0.2) is 68.5 Å². The molecular formula is C58H105N2O6P. The van der Waals surface area contributed by atoms with Gasteiger partial charge in [-0.3, -0.25) is 9.36 Å².